The Morgan fingerprint density at radius 3 is 1.59 bits per heavy atom. The van der Waals surface area contributed by atoms with Crippen LogP contribution in [0, 0.1) is 0 Å². The number of hydrogen-bond acceptors (Lipinski definition) is 3. The van der Waals surface area contributed by atoms with Gasteiger partial charge in [0.2, 0.25) is 0 Å². The first-order valence-electron chi connectivity index (χ1n) is 6.81. The minimum absolute atomic E-state index is 0.759. The molecule has 0 aromatic carbocycles. The summed E-state index contributed by atoms with van der Waals surface area (Å²) in [5.41, 5.74) is 0. The van der Waals surface area contributed by atoms with E-state index in [0.717, 1.165) is 25.9 Å². The van der Waals surface area contributed by atoms with E-state index < -0.39 is 16.9 Å². The van der Waals surface area contributed by atoms with Gasteiger partial charge in [0.05, 0.1) is 0 Å². The predicted molar refractivity (Wildman–Crippen MR) is 78.2 cm³/mol. The summed E-state index contributed by atoms with van der Waals surface area (Å²) in [6.45, 7) is 15.3. The lowest BCUT2D eigenvalue weighted by molar-refractivity contribution is 0.188. The van der Waals surface area contributed by atoms with E-state index in [1.165, 1.54) is 12.5 Å². The minimum atomic E-state index is -1.91. The van der Waals surface area contributed by atoms with Crippen molar-refractivity contribution in [2.24, 2.45) is 0 Å². The van der Waals surface area contributed by atoms with Crippen molar-refractivity contribution in [2.45, 2.75) is 58.9 Å². The molecular formula is C12H30O3Si2. The van der Waals surface area contributed by atoms with Crippen LogP contribution in [0.4, 0.5) is 0 Å². The molecule has 0 unspecified atom stereocenters. The molecular weight excluding hydrogens is 248 g/mol. The summed E-state index contributed by atoms with van der Waals surface area (Å²) >= 11 is 0. The Kier molecular flexibility index (Phi) is 8.58. The van der Waals surface area contributed by atoms with E-state index in [-0.39, 0.29) is 0 Å². The van der Waals surface area contributed by atoms with Crippen molar-refractivity contribution in [3.05, 3.63) is 0 Å². The molecule has 3 nitrogen and oxygen atoms in total. The Morgan fingerprint density at radius 2 is 1.18 bits per heavy atom. The van der Waals surface area contributed by atoms with Gasteiger partial charge in [0.15, 0.2) is 8.32 Å². The van der Waals surface area contributed by atoms with Crippen LogP contribution in [0.3, 0.4) is 0 Å². The van der Waals surface area contributed by atoms with Crippen LogP contribution in [-0.4, -0.2) is 36.7 Å². The maximum Gasteiger partial charge on any atom is 0.334 e. The van der Waals surface area contributed by atoms with E-state index in [9.17, 15) is 0 Å². The minimum Gasteiger partial charge on any atom is -0.418 e. The van der Waals surface area contributed by atoms with Gasteiger partial charge in [0.1, 0.15) is 0 Å². The third-order valence-corrected chi connectivity index (χ3v) is 8.53. The molecule has 0 amide bonds. The fourth-order valence-corrected chi connectivity index (χ4v) is 6.81. The highest BCUT2D eigenvalue weighted by atomic mass is 28.4. The van der Waals surface area contributed by atoms with Crippen molar-refractivity contribution in [1.29, 1.82) is 0 Å². The van der Waals surface area contributed by atoms with E-state index in [1.807, 2.05) is 13.8 Å². The highest BCUT2D eigenvalue weighted by molar-refractivity contribution is 6.71. The SMILES string of the molecule is CCO[Si](C)(C)CCC[Si](C)(OCC)OCC. The van der Waals surface area contributed by atoms with E-state index in [4.69, 9.17) is 13.3 Å². The van der Waals surface area contributed by atoms with Gasteiger partial charge in [0.25, 0.3) is 0 Å². The van der Waals surface area contributed by atoms with E-state index in [1.54, 1.807) is 0 Å². The topological polar surface area (TPSA) is 27.7 Å². The molecule has 0 bridgehead atoms. The third-order valence-electron chi connectivity index (χ3n) is 2.84. The molecule has 0 radical (unpaired) electrons. The summed E-state index contributed by atoms with van der Waals surface area (Å²) in [6.07, 6.45) is 1.17. The Hall–Kier alpha value is 0.314. The lowest BCUT2D eigenvalue weighted by atomic mass is 10.6. The Labute approximate surface area is 109 Å². The van der Waals surface area contributed by atoms with Crippen LogP contribution in [0.15, 0.2) is 0 Å². The monoisotopic (exact) mass is 278 g/mol. The van der Waals surface area contributed by atoms with Crippen molar-refractivity contribution in [1.82, 2.24) is 0 Å². The molecule has 0 aliphatic carbocycles. The molecule has 0 saturated carbocycles. The van der Waals surface area contributed by atoms with Crippen LogP contribution < -0.4 is 0 Å². The molecule has 0 spiro atoms. The van der Waals surface area contributed by atoms with Crippen molar-refractivity contribution in [3.8, 4) is 0 Å². The van der Waals surface area contributed by atoms with Gasteiger partial charge in [-0.25, -0.2) is 0 Å². The van der Waals surface area contributed by atoms with Gasteiger partial charge >= 0.3 is 8.56 Å². The zero-order chi connectivity index (χ0) is 13.4. The smallest absolute Gasteiger partial charge is 0.334 e. The molecule has 104 valence electrons. The van der Waals surface area contributed by atoms with Gasteiger partial charge in [-0.3, -0.25) is 0 Å². The fraction of sp³-hybridized carbons (Fsp3) is 1.00. The maximum atomic E-state index is 5.84. The number of rotatable bonds is 10. The van der Waals surface area contributed by atoms with Crippen LogP contribution in [0.25, 0.3) is 0 Å². The standard InChI is InChI=1S/C12H30O3Si2/c1-7-13-16(4,5)11-10-12-17(6,14-8-2)15-9-3/h7-12H2,1-6H3. The summed E-state index contributed by atoms with van der Waals surface area (Å²) in [4.78, 5) is 0. The quantitative estimate of drug-likeness (QED) is 0.569. The second kappa shape index (κ2) is 8.42. The molecule has 5 heteroatoms. The Morgan fingerprint density at radius 1 is 0.706 bits per heavy atom. The van der Waals surface area contributed by atoms with Crippen LogP contribution in [0.2, 0.25) is 31.7 Å². The molecule has 0 saturated heterocycles. The highest BCUT2D eigenvalue weighted by Gasteiger charge is 2.31. The molecule has 0 rings (SSSR count). The van der Waals surface area contributed by atoms with Gasteiger partial charge in [-0.15, -0.1) is 0 Å². The van der Waals surface area contributed by atoms with Crippen LogP contribution >= 0.6 is 0 Å². The van der Waals surface area contributed by atoms with Crippen LogP contribution in [-0.2, 0) is 13.3 Å². The molecule has 0 heterocycles. The normalized spacial score (nSPS) is 13.1. The van der Waals surface area contributed by atoms with Crippen molar-refractivity contribution in [2.75, 3.05) is 19.8 Å². The van der Waals surface area contributed by atoms with Gasteiger partial charge in [0, 0.05) is 19.8 Å². The lowest BCUT2D eigenvalue weighted by Gasteiger charge is -2.28. The van der Waals surface area contributed by atoms with Gasteiger partial charge < -0.3 is 13.3 Å². The molecule has 0 fully saturated rings. The molecule has 0 aromatic heterocycles. The second-order valence-corrected chi connectivity index (χ2v) is 12.7. The van der Waals surface area contributed by atoms with Gasteiger partial charge in [-0.05, 0) is 52.5 Å². The highest BCUT2D eigenvalue weighted by Crippen LogP contribution is 2.22. The van der Waals surface area contributed by atoms with Crippen LogP contribution in [0.5, 0.6) is 0 Å². The molecule has 0 aliphatic rings. The van der Waals surface area contributed by atoms with Gasteiger partial charge in [-0.1, -0.05) is 6.42 Å². The molecule has 0 aromatic rings. The second-order valence-electron chi connectivity index (χ2n) is 5.05. The Balaban J connectivity index is 4.05. The Bertz CT molecular complexity index is 192. The summed E-state index contributed by atoms with van der Waals surface area (Å²) in [6, 6.07) is 2.28. The first-order valence-corrected chi connectivity index (χ1v) is 12.4. The summed E-state index contributed by atoms with van der Waals surface area (Å²) < 4.78 is 17.5. The summed E-state index contributed by atoms with van der Waals surface area (Å²) in [7, 11) is -3.34. The molecule has 17 heavy (non-hydrogen) atoms. The molecule has 0 N–H and O–H groups in total. The maximum absolute atomic E-state index is 5.84. The van der Waals surface area contributed by atoms with Crippen molar-refractivity contribution in [3.63, 3.8) is 0 Å². The summed E-state index contributed by atoms with van der Waals surface area (Å²) in [5.74, 6) is 0. The first kappa shape index (κ1) is 17.3. The fourth-order valence-electron chi connectivity index (χ4n) is 2.09. The van der Waals surface area contributed by atoms with E-state index in [0.29, 0.717) is 0 Å². The molecule has 0 aliphatic heterocycles. The van der Waals surface area contributed by atoms with E-state index >= 15 is 0 Å². The number of hydrogen-bond donors (Lipinski definition) is 0. The van der Waals surface area contributed by atoms with Crippen LogP contribution in [0.1, 0.15) is 27.2 Å². The average molecular weight is 279 g/mol. The van der Waals surface area contributed by atoms with E-state index in [2.05, 4.69) is 26.6 Å². The van der Waals surface area contributed by atoms with Crippen molar-refractivity contribution >= 4 is 16.9 Å². The van der Waals surface area contributed by atoms with Gasteiger partial charge in [-0.2, -0.15) is 0 Å². The predicted octanol–water partition coefficient (Wildman–Crippen LogP) is 3.76. The molecule has 0 atom stereocenters. The third kappa shape index (κ3) is 8.10. The average Bonchev–Trinajstić information content (AvgIpc) is 2.17. The zero-order valence-electron chi connectivity index (χ0n) is 12.5. The largest absolute Gasteiger partial charge is 0.418 e. The van der Waals surface area contributed by atoms with Crippen molar-refractivity contribution < 1.29 is 13.3 Å². The summed E-state index contributed by atoms with van der Waals surface area (Å²) in [5, 5.41) is 0. The first-order chi connectivity index (χ1) is 7.89. The lowest BCUT2D eigenvalue weighted by Crippen LogP contribution is -2.39. The zero-order valence-corrected chi connectivity index (χ0v) is 14.5.